The van der Waals surface area contributed by atoms with Crippen molar-refractivity contribution in [3.05, 3.63) is 60.2 Å². The molecule has 2 rings (SSSR count). The van der Waals surface area contributed by atoms with Crippen LogP contribution in [0.4, 0.5) is 11.4 Å². The number of hydrogen-bond acceptors (Lipinski definition) is 4. The highest BCUT2D eigenvalue weighted by molar-refractivity contribution is 5.98. The van der Waals surface area contributed by atoms with Crippen molar-refractivity contribution in [2.24, 2.45) is 0 Å². The largest absolute Gasteiger partial charge is 0.352 e. The van der Waals surface area contributed by atoms with Crippen molar-refractivity contribution in [3.63, 3.8) is 0 Å². The molecule has 2 N–H and O–H groups in total. The lowest BCUT2D eigenvalue weighted by molar-refractivity contribution is -0.122. The van der Waals surface area contributed by atoms with Crippen LogP contribution >= 0.6 is 0 Å². The molecule has 0 saturated carbocycles. The Hall–Kier alpha value is -3.66. The first kappa shape index (κ1) is 22.6. The zero-order chi connectivity index (χ0) is 21.8. The molecule has 30 heavy (non-hydrogen) atoms. The molecule has 2 aromatic carbocycles. The zero-order valence-electron chi connectivity index (χ0n) is 17.1. The molecule has 0 aliphatic rings. The number of nitriles is 1. The monoisotopic (exact) mass is 406 g/mol. The summed E-state index contributed by atoms with van der Waals surface area (Å²) in [5.41, 5.74) is 1.78. The van der Waals surface area contributed by atoms with Gasteiger partial charge in [0.25, 0.3) is 5.91 Å². The molecule has 0 aromatic heterocycles. The number of nitrogens with zero attached hydrogens (tertiary/aromatic N) is 2. The number of nitrogens with one attached hydrogen (secondary N) is 2. The second kappa shape index (κ2) is 12.0. The van der Waals surface area contributed by atoms with E-state index in [9.17, 15) is 14.4 Å². The minimum absolute atomic E-state index is 0.0213. The van der Waals surface area contributed by atoms with Gasteiger partial charge in [-0.1, -0.05) is 25.1 Å². The maximum absolute atomic E-state index is 12.6. The molecule has 7 nitrogen and oxygen atoms in total. The third-order valence-corrected chi connectivity index (χ3v) is 4.35. The molecule has 0 radical (unpaired) electrons. The highest BCUT2D eigenvalue weighted by Crippen LogP contribution is 2.16. The summed E-state index contributed by atoms with van der Waals surface area (Å²) in [7, 11) is 0. The molecular formula is C23H26N4O3. The average molecular weight is 406 g/mol. The Morgan fingerprint density at radius 3 is 2.33 bits per heavy atom. The fraction of sp³-hybridized carbons (Fsp3) is 0.304. The van der Waals surface area contributed by atoms with Gasteiger partial charge in [0.05, 0.1) is 12.5 Å². The Kier molecular flexibility index (Phi) is 9.07. The smallest absolute Gasteiger partial charge is 0.251 e. The van der Waals surface area contributed by atoms with Crippen molar-refractivity contribution in [2.75, 3.05) is 23.3 Å². The van der Waals surface area contributed by atoms with Crippen LogP contribution in [0.5, 0.6) is 0 Å². The van der Waals surface area contributed by atoms with Crippen LogP contribution < -0.4 is 15.5 Å². The van der Waals surface area contributed by atoms with Crippen LogP contribution in [0.2, 0.25) is 0 Å². The maximum atomic E-state index is 12.6. The molecule has 0 atom stereocenters. The van der Waals surface area contributed by atoms with Gasteiger partial charge in [-0.2, -0.15) is 5.26 Å². The van der Waals surface area contributed by atoms with E-state index in [1.165, 1.54) is 4.90 Å². The van der Waals surface area contributed by atoms with Crippen LogP contribution in [0.3, 0.4) is 0 Å². The number of anilines is 2. The van der Waals surface area contributed by atoms with E-state index >= 15 is 0 Å². The third kappa shape index (κ3) is 7.06. The van der Waals surface area contributed by atoms with Gasteiger partial charge in [0.15, 0.2) is 0 Å². The molecule has 0 aliphatic heterocycles. The number of carbonyl (C=O) groups excluding carboxylic acids is 3. The Morgan fingerprint density at radius 2 is 1.70 bits per heavy atom. The Morgan fingerprint density at radius 1 is 1.00 bits per heavy atom. The second-order valence-corrected chi connectivity index (χ2v) is 6.67. The molecule has 0 aliphatic carbocycles. The van der Waals surface area contributed by atoms with Gasteiger partial charge in [-0.25, -0.2) is 0 Å². The summed E-state index contributed by atoms with van der Waals surface area (Å²) in [5, 5.41) is 14.4. The molecule has 0 heterocycles. The third-order valence-electron chi connectivity index (χ3n) is 4.35. The minimum Gasteiger partial charge on any atom is -0.352 e. The number of amides is 3. The Labute approximate surface area is 176 Å². The topological polar surface area (TPSA) is 102 Å². The average Bonchev–Trinajstić information content (AvgIpc) is 2.77. The standard InChI is InChI=1S/C23H26N4O3/c1-2-16-25-23(30)18-9-11-19(12-10-18)26-21(28)13-14-22(29)27(17-6-15-24)20-7-4-3-5-8-20/h3-5,7-12H,2,6,13-14,16-17H2,1H3,(H,25,30)(H,26,28). The number of carbonyl (C=O) groups is 3. The van der Waals surface area contributed by atoms with E-state index < -0.39 is 0 Å². The minimum atomic E-state index is -0.292. The summed E-state index contributed by atoms with van der Waals surface area (Å²) in [6.45, 7) is 2.87. The van der Waals surface area contributed by atoms with Crippen molar-refractivity contribution in [1.29, 1.82) is 5.26 Å². The molecule has 7 heteroatoms. The normalized spacial score (nSPS) is 10.0. The van der Waals surface area contributed by atoms with E-state index in [4.69, 9.17) is 5.26 Å². The molecule has 156 valence electrons. The predicted octanol–water partition coefficient (Wildman–Crippen LogP) is 3.49. The summed E-state index contributed by atoms with van der Waals surface area (Å²) in [5.74, 6) is -0.659. The van der Waals surface area contributed by atoms with Crippen LogP contribution in [0, 0.1) is 11.3 Å². The SMILES string of the molecule is CCCNC(=O)c1ccc(NC(=O)CCC(=O)N(CCC#N)c2ccccc2)cc1. The van der Waals surface area contributed by atoms with Gasteiger partial charge in [-0.05, 0) is 42.8 Å². The Bertz CT molecular complexity index is 889. The van der Waals surface area contributed by atoms with Gasteiger partial charge in [-0.3, -0.25) is 14.4 Å². The second-order valence-electron chi connectivity index (χ2n) is 6.67. The molecule has 0 saturated heterocycles. The van der Waals surface area contributed by atoms with Crippen molar-refractivity contribution in [2.45, 2.75) is 32.6 Å². The van der Waals surface area contributed by atoms with E-state index in [-0.39, 0.29) is 43.5 Å². The highest BCUT2D eigenvalue weighted by atomic mass is 16.2. The van der Waals surface area contributed by atoms with E-state index in [1.807, 2.05) is 31.2 Å². The van der Waals surface area contributed by atoms with Crippen molar-refractivity contribution in [1.82, 2.24) is 5.32 Å². The van der Waals surface area contributed by atoms with Gasteiger partial charge in [0, 0.05) is 42.9 Å². The lowest BCUT2D eigenvalue weighted by Gasteiger charge is -2.21. The number of benzene rings is 2. The quantitative estimate of drug-likeness (QED) is 0.630. The lowest BCUT2D eigenvalue weighted by atomic mass is 10.2. The molecule has 2 aromatic rings. The maximum Gasteiger partial charge on any atom is 0.251 e. The first-order valence-corrected chi connectivity index (χ1v) is 9.95. The van der Waals surface area contributed by atoms with E-state index in [0.717, 1.165) is 6.42 Å². The van der Waals surface area contributed by atoms with Crippen LogP contribution in [0.15, 0.2) is 54.6 Å². The van der Waals surface area contributed by atoms with Crippen molar-refractivity contribution in [3.8, 4) is 6.07 Å². The number of para-hydroxylation sites is 1. The van der Waals surface area contributed by atoms with Gasteiger partial charge in [0.2, 0.25) is 11.8 Å². The van der Waals surface area contributed by atoms with Gasteiger partial charge < -0.3 is 15.5 Å². The number of hydrogen-bond donors (Lipinski definition) is 2. The van der Waals surface area contributed by atoms with E-state index in [2.05, 4.69) is 10.6 Å². The summed E-state index contributed by atoms with van der Waals surface area (Å²) in [4.78, 5) is 38.3. The summed E-state index contributed by atoms with van der Waals surface area (Å²) in [6.07, 6.45) is 1.12. The zero-order valence-corrected chi connectivity index (χ0v) is 17.1. The first-order chi connectivity index (χ1) is 14.5. The fourth-order valence-corrected chi connectivity index (χ4v) is 2.79. The fourth-order valence-electron chi connectivity index (χ4n) is 2.79. The van der Waals surface area contributed by atoms with Crippen molar-refractivity contribution >= 4 is 29.1 Å². The van der Waals surface area contributed by atoms with Crippen LogP contribution in [0.1, 0.15) is 43.0 Å². The van der Waals surface area contributed by atoms with Crippen LogP contribution in [-0.4, -0.2) is 30.8 Å². The predicted molar refractivity (Wildman–Crippen MR) is 116 cm³/mol. The summed E-state index contributed by atoms with van der Waals surface area (Å²) < 4.78 is 0. The first-order valence-electron chi connectivity index (χ1n) is 9.95. The van der Waals surface area contributed by atoms with Crippen molar-refractivity contribution < 1.29 is 14.4 Å². The highest BCUT2D eigenvalue weighted by Gasteiger charge is 2.17. The Balaban J connectivity index is 1.89. The molecule has 0 spiro atoms. The summed E-state index contributed by atoms with van der Waals surface area (Å²) in [6, 6.07) is 17.7. The lowest BCUT2D eigenvalue weighted by Crippen LogP contribution is -2.32. The number of rotatable bonds is 10. The summed E-state index contributed by atoms with van der Waals surface area (Å²) >= 11 is 0. The molecular weight excluding hydrogens is 380 g/mol. The molecule has 0 fully saturated rings. The van der Waals surface area contributed by atoms with Gasteiger partial charge >= 0.3 is 0 Å². The molecule has 0 unspecified atom stereocenters. The van der Waals surface area contributed by atoms with Crippen LogP contribution in [-0.2, 0) is 9.59 Å². The van der Waals surface area contributed by atoms with Gasteiger partial charge in [-0.15, -0.1) is 0 Å². The van der Waals surface area contributed by atoms with Gasteiger partial charge in [0.1, 0.15) is 0 Å². The van der Waals surface area contributed by atoms with E-state index in [1.54, 1.807) is 36.4 Å². The molecule has 3 amide bonds. The molecule has 0 bridgehead atoms. The van der Waals surface area contributed by atoms with Crippen LogP contribution in [0.25, 0.3) is 0 Å². The van der Waals surface area contributed by atoms with E-state index in [0.29, 0.717) is 23.5 Å².